The summed E-state index contributed by atoms with van der Waals surface area (Å²) in [6.07, 6.45) is 3.34. The first-order valence-electron chi connectivity index (χ1n) is 6.16. The lowest BCUT2D eigenvalue weighted by atomic mass is 10.2. The molecule has 6 nitrogen and oxygen atoms in total. The fraction of sp³-hybridized carbons (Fsp3) is 0.0714. The second kappa shape index (κ2) is 5.37. The minimum Gasteiger partial charge on any atom is -0.479 e. The molecule has 106 valence electrons. The fourth-order valence-corrected chi connectivity index (χ4v) is 2.73. The molecule has 3 rings (SSSR count). The van der Waals surface area contributed by atoms with Crippen molar-refractivity contribution in [2.75, 3.05) is 0 Å². The molecule has 0 aromatic carbocycles. The third-order valence-electron chi connectivity index (χ3n) is 2.95. The normalized spacial score (nSPS) is 12.2. The number of hydrogen-bond donors (Lipinski definition) is 2. The fourth-order valence-electron chi connectivity index (χ4n) is 1.96. The average Bonchev–Trinajstić information content (AvgIpc) is 3.12. The average molecular weight is 301 g/mol. The number of amides is 1. The van der Waals surface area contributed by atoms with Crippen molar-refractivity contribution in [3.05, 3.63) is 58.7 Å². The summed E-state index contributed by atoms with van der Waals surface area (Å²) in [5.74, 6) is -1.62. The van der Waals surface area contributed by atoms with Gasteiger partial charge in [-0.1, -0.05) is 12.1 Å². The summed E-state index contributed by atoms with van der Waals surface area (Å²) in [5, 5.41) is 13.5. The second-order valence-corrected chi connectivity index (χ2v) is 5.33. The Morgan fingerprint density at radius 1 is 1.29 bits per heavy atom. The van der Waals surface area contributed by atoms with E-state index in [1.807, 2.05) is 12.1 Å². The molecule has 7 heteroatoms. The van der Waals surface area contributed by atoms with Crippen LogP contribution in [0.2, 0.25) is 0 Å². The maximum atomic E-state index is 12.2. The van der Waals surface area contributed by atoms with Gasteiger partial charge in [-0.2, -0.15) is 0 Å². The molecular weight excluding hydrogens is 290 g/mol. The molecule has 0 saturated heterocycles. The maximum Gasteiger partial charge on any atom is 0.331 e. The number of carbonyl (C=O) groups excluding carboxylic acids is 1. The van der Waals surface area contributed by atoms with E-state index in [2.05, 4.69) is 10.3 Å². The molecule has 1 unspecified atom stereocenters. The number of carbonyl (C=O) groups is 2. The molecule has 1 atom stereocenters. The van der Waals surface area contributed by atoms with Crippen LogP contribution in [0.4, 0.5) is 0 Å². The summed E-state index contributed by atoms with van der Waals surface area (Å²) in [7, 11) is 0. The predicted molar refractivity (Wildman–Crippen MR) is 77.4 cm³/mol. The minimum atomic E-state index is -1.10. The van der Waals surface area contributed by atoms with Gasteiger partial charge in [-0.05, 0) is 23.6 Å². The quantitative estimate of drug-likeness (QED) is 0.771. The molecule has 0 aliphatic heterocycles. The Morgan fingerprint density at radius 2 is 2.14 bits per heavy atom. The van der Waals surface area contributed by atoms with E-state index in [4.69, 9.17) is 0 Å². The van der Waals surface area contributed by atoms with Crippen LogP contribution < -0.4 is 5.32 Å². The largest absolute Gasteiger partial charge is 0.479 e. The Kier molecular flexibility index (Phi) is 3.41. The molecule has 3 heterocycles. The summed E-state index contributed by atoms with van der Waals surface area (Å²) in [6.45, 7) is 0. The highest BCUT2D eigenvalue weighted by atomic mass is 32.1. The van der Waals surface area contributed by atoms with E-state index in [1.54, 1.807) is 40.4 Å². The maximum absolute atomic E-state index is 12.2. The number of nitrogens with zero attached hydrogens (tertiary/aromatic N) is 2. The van der Waals surface area contributed by atoms with E-state index in [1.165, 1.54) is 11.3 Å². The molecule has 0 bridgehead atoms. The lowest BCUT2D eigenvalue weighted by molar-refractivity contribution is -0.139. The van der Waals surface area contributed by atoms with Crippen LogP contribution in [0.1, 0.15) is 21.4 Å². The van der Waals surface area contributed by atoms with Gasteiger partial charge in [0.15, 0.2) is 6.04 Å². The van der Waals surface area contributed by atoms with Crippen LogP contribution in [-0.4, -0.2) is 26.4 Å². The lowest BCUT2D eigenvalue weighted by Crippen LogP contribution is -2.33. The molecule has 3 aromatic rings. The predicted octanol–water partition coefficient (Wildman–Crippen LogP) is 1.95. The molecule has 0 aliphatic carbocycles. The number of thiophene rings is 1. The Morgan fingerprint density at radius 3 is 2.81 bits per heavy atom. The van der Waals surface area contributed by atoms with Gasteiger partial charge in [0.05, 0.1) is 0 Å². The molecule has 21 heavy (non-hydrogen) atoms. The molecule has 0 aliphatic rings. The minimum absolute atomic E-state index is 0.184. The summed E-state index contributed by atoms with van der Waals surface area (Å²) in [5.41, 5.74) is 0.814. The molecule has 2 N–H and O–H groups in total. The number of rotatable bonds is 4. The summed E-state index contributed by atoms with van der Waals surface area (Å²) in [6, 6.07) is 7.76. The second-order valence-electron chi connectivity index (χ2n) is 4.35. The van der Waals surface area contributed by atoms with Crippen LogP contribution in [0.3, 0.4) is 0 Å². The van der Waals surface area contributed by atoms with E-state index < -0.39 is 17.9 Å². The number of fused-ring (bicyclic) bond motifs is 1. The van der Waals surface area contributed by atoms with Crippen molar-refractivity contribution in [2.45, 2.75) is 6.04 Å². The van der Waals surface area contributed by atoms with Crippen LogP contribution in [0.5, 0.6) is 0 Å². The zero-order valence-corrected chi connectivity index (χ0v) is 11.6. The van der Waals surface area contributed by atoms with E-state index >= 15 is 0 Å². The van der Waals surface area contributed by atoms with Crippen molar-refractivity contribution in [3.8, 4) is 0 Å². The molecule has 0 spiro atoms. The zero-order chi connectivity index (χ0) is 14.8. The molecule has 1 amide bonds. The van der Waals surface area contributed by atoms with Crippen molar-refractivity contribution < 1.29 is 14.7 Å². The monoisotopic (exact) mass is 301 g/mol. The molecule has 0 saturated carbocycles. The van der Waals surface area contributed by atoms with Crippen molar-refractivity contribution in [2.24, 2.45) is 0 Å². The summed E-state index contributed by atoms with van der Waals surface area (Å²) >= 11 is 1.28. The highest BCUT2D eigenvalue weighted by molar-refractivity contribution is 7.10. The van der Waals surface area contributed by atoms with Crippen LogP contribution in [0, 0.1) is 0 Å². The summed E-state index contributed by atoms with van der Waals surface area (Å²) < 4.78 is 1.70. The number of hydrogen-bond acceptors (Lipinski definition) is 4. The first kappa shape index (κ1) is 13.3. The molecule has 0 fully saturated rings. The first-order valence-corrected chi connectivity index (χ1v) is 7.04. The molecular formula is C14H11N3O3S. The van der Waals surface area contributed by atoms with E-state index in [0.29, 0.717) is 10.5 Å². The van der Waals surface area contributed by atoms with Gasteiger partial charge in [-0.3, -0.25) is 4.79 Å². The third-order valence-corrected chi connectivity index (χ3v) is 3.88. The summed E-state index contributed by atoms with van der Waals surface area (Å²) in [4.78, 5) is 28.2. The number of aliphatic carboxylic acids is 1. The number of pyridine rings is 1. The van der Waals surface area contributed by atoms with E-state index in [-0.39, 0.29) is 5.69 Å². The van der Waals surface area contributed by atoms with Crippen molar-refractivity contribution in [1.29, 1.82) is 0 Å². The number of imidazole rings is 1. The van der Waals surface area contributed by atoms with Gasteiger partial charge in [-0.15, -0.1) is 11.3 Å². The van der Waals surface area contributed by atoms with Gasteiger partial charge in [0, 0.05) is 17.3 Å². The smallest absolute Gasteiger partial charge is 0.331 e. The number of carboxylic acids is 1. The van der Waals surface area contributed by atoms with Crippen LogP contribution in [-0.2, 0) is 4.79 Å². The number of aromatic nitrogens is 2. The van der Waals surface area contributed by atoms with Crippen molar-refractivity contribution in [3.63, 3.8) is 0 Å². The third kappa shape index (κ3) is 2.63. The Hall–Kier alpha value is -2.67. The lowest BCUT2D eigenvalue weighted by Gasteiger charge is -2.11. The van der Waals surface area contributed by atoms with Crippen LogP contribution >= 0.6 is 11.3 Å². The van der Waals surface area contributed by atoms with Gasteiger partial charge < -0.3 is 14.8 Å². The van der Waals surface area contributed by atoms with Crippen molar-refractivity contribution >= 4 is 28.9 Å². The van der Waals surface area contributed by atoms with Gasteiger partial charge >= 0.3 is 5.97 Å². The molecule has 0 radical (unpaired) electrons. The van der Waals surface area contributed by atoms with Gasteiger partial charge in [-0.25, -0.2) is 9.78 Å². The Bertz CT molecular complexity index is 762. The van der Waals surface area contributed by atoms with Gasteiger partial charge in [0.2, 0.25) is 0 Å². The topological polar surface area (TPSA) is 83.7 Å². The van der Waals surface area contributed by atoms with Gasteiger partial charge in [0.25, 0.3) is 5.91 Å². The SMILES string of the molecule is O=C(NC(C(=O)O)c1cccs1)c1cn2ccccc2n1. The number of carboxylic acid groups (broad SMARTS) is 1. The number of nitrogens with one attached hydrogen (secondary N) is 1. The Labute approximate surface area is 123 Å². The van der Waals surface area contributed by atoms with Crippen molar-refractivity contribution in [1.82, 2.24) is 14.7 Å². The first-order chi connectivity index (χ1) is 10.1. The highest BCUT2D eigenvalue weighted by Crippen LogP contribution is 2.19. The zero-order valence-electron chi connectivity index (χ0n) is 10.8. The molecule has 3 aromatic heterocycles. The van der Waals surface area contributed by atoms with Gasteiger partial charge in [0.1, 0.15) is 11.3 Å². The Balaban J connectivity index is 1.86. The van der Waals surface area contributed by atoms with Crippen LogP contribution in [0.15, 0.2) is 48.1 Å². The van der Waals surface area contributed by atoms with E-state index in [0.717, 1.165) is 0 Å². The standard InChI is InChI=1S/C14H11N3O3S/c18-13(9-8-17-6-2-1-5-11(17)15-9)16-12(14(19)20)10-4-3-7-21-10/h1-8,12H,(H,16,18)(H,19,20). The van der Waals surface area contributed by atoms with Crippen LogP contribution in [0.25, 0.3) is 5.65 Å². The van der Waals surface area contributed by atoms with E-state index in [9.17, 15) is 14.7 Å². The highest BCUT2D eigenvalue weighted by Gasteiger charge is 2.24.